The molecule has 0 N–H and O–H groups in total. The van der Waals surface area contributed by atoms with Gasteiger partial charge < -0.3 is 9.47 Å². The van der Waals surface area contributed by atoms with E-state index in [1.165, 1.54) is 6.92 Å². The number of esters is 1. The van der Waals surface area contributed by atoms with Gasteiger partial charge in [0.05, 0.1) is 0 Å². The van der Waals surface area contributed by atoms with Crippen LogP contribution < -0.4 is 0 Å². The quantitative estimate of drug-likeness (QED) is 0.608. The zero-order chi connectivity index (χ0) is 13.5. The highest BCUT2D eigenvalue weighted by molar-refractivity contribution is 5.65. The van der Waals surface area contributed by atoms with Gasteiger partial charge >= 0.3 is 5.97 Å². The number of hydrogen-bond acceptors (Lipinski definition) is 3. The fraction of sp³-hybridized carbons (Fsp3) is 0.188. The fourth-order valence-corrected chi connectivity index (χ4v) is 1.83. The molecule has 0 amide bonds. The first-order valence-corrected chi connectivity index (χ1v) is 6.12. The van der Waals surface area contributed by atoms with E-state index in [9.17, 15) is 4.79 Å². The predicted octanol–water partition coefficient (Wildman–Crippen LogP) is 3.31. The first kappa shape index (κ1) is 13.3. The molecule has 0 bridgehead atoms. The zero-order valence-electron chi connectivity index (χ0n) is 10.8. The molecule has 0 aromatic heterocycles. The summed E-state index contributed by atoms with van der Waals surface area (Å²) in [6.07, 6.45) is -0.234. The van der Waals surface area contributed by atoms with Gasteiger partial charge in [0.25, 0.3) is 0 Å². The van der Waals surface area contributed by atoms with Gasteiger partial charge in [0.2, 0.25) is 0 Å². The molecule has 98 valence electrons. The maximum Gasteiger partial charge on any atom is 0.304 e. The van der Waals surface area contributed by atoms with Crippen LogP contribution in [0.3, 0.4) is 0 Å². The van der Waals surface area contributed by atoms with Gasteiger partial charge in [-0.2, -0.15) is 0 Å². The summed E-state index contributed by atoms with van der Waals surface area (Å²) in [5.74, 6) is -0.347. The average molecular weight is 256 g/mol. The highest BCUT2D eigenvalue weighted by Crippen LogP contribution is 2.25. The van der Waals surface area contributed by atoms with Gasteiger partial charge in [0.1, 0.15) is 6.10 Å². The van der Waals surface area contributed by atoms with Crippen LogP contribution in [0.5, 0.6) is 0 Å². The van der Waals surface area contributed by atoms with Crippen LogP contribution >= 0.6 is 0 Å². The standard InChI is InChI=1S/C16H16O3/c1-13(17)18-12-19-16(14-8-4-2-5-9-14)15-10-6-3-7-11-15/h2-11,16H,12H2,1H3. The Bertz CT molecular complexity index is 469. The van der Waals surface area contributed by atoms with Crippen LogP contribution in [0.2, 0.25) is 0 Å². The third kappa shape index (κ3) is 3.93. The Morgan fingerprint density at radius 1 is 0.947 bits per heavy atom. The molecule has 3 heteroatoms. The molecule has 19 heavy (non-hydrogen) atoms. The number of hydrogen-bond donors (Lipinski definition) is 0. The van der Waals surface area contributed by atoms with Crippen molar-refractivity contribution < 1.29 is 14.3 Å². The van der Waals surface area contributed by atoms with Crippen molar-refractivity contribution in [1.82, 2.24) is 0 Å². The predicted molar refractivity (Wildman–Crippen MR) is 72.4 cm³/mol. The van der Waals surface area contributed by atoms with Crippen LogP contribution in [0.15, 0.2) is 60.7 Å². The first-order chi connectivity index (χ1) is 9.27. The van der Waals surface area contributed by atoms with E-state index in [2.05, 4.69) is 0 Å². The van der Waals surface area contributed by atoms with Gasteiger partial charge in [-0.05, 0) is 11.1 Å². The van der Waals surface area contributed by atoms with Gasteiger partial charge in [0.15, 0.2) is 6.79 Å². The molecule has 2 aromatic carbocycles. The first-order valence-electron chi connectivity index (χ1n) is 6.12. The number of rotatable bonds is 5. The lowest BCUT2D eigenvalue weighted by molar-refractivity contribution is -0.156. The van der Waals surface area contributed by atoms with Crippen molar-refractivity contribution in [2.24, 2.45) is 0 Å². The molecular weight excluding hydrogens is 240 g/mol. The Morgan fingerprint density at radius 2 is 1.42 bits per heavy atom. The molecule has 3 nitrogen and oxygen atoms in total. The summed E-state index contributed by atoms with van der Waals surface area (Å²) in [5.41, 5.74) is 2.06. The molecule has 2 aromatic rings. The minimum Gasteiger partial charge on any atom is -0.439 e. The fourth-order valence-electron chi connectivity index (χ4n) is 1.83. The lowest BCUT2D eigenvalue weighted by Crippen LogP contribution is -2.11. The number of benzene rings is 2. The number of ether oxygens (including phenoxy) is 2. The third-order valence-electron chi connectivity index (χ3n) is 2.70. The van der Waals surface area contributed by atoms with Gasteiger partial charge in [-0.1, -0.05) is 60.7 Å². The smallest absolute Gasteiger partial charge is 0.304 e. The maximum atomic E-state index is 10.8. The van der Waals surface area contributed by atoms with Gasteiger partial charge in [-0.15, -0.1) is 0 Å². The Kier molecular flexibility index (Phi) is 4.70. The van der Waals surface area contributed by atoms with Crippen molar-refractivity contribution in [2.75, 3.05) is 6.79 Å². The summed E-state index contributed by atoms with van der Waals surface area (Å²) in [4.78, 5) is 10.8. The number of carbonyl (C=O) groups excluding carboxylic acids is 1. The molecule has 0 aliphatic rings. The Balaban J connectivity index is 2.17. The van der Waals surface area contributed by atoms with Crippen molar-refractivity contribution in [1.29, 1.82) is 0 Å². The molecular formula is C16H16O3. The van der Waals surface area contributed by atoms with E-state index >= 15 is 0 Å². The van der Waals surface area contributed by atoms with Crippen molar-refractivity contribution in [3.8, 4) is 0 Å². The molecule has 2 rings (SSSR count). The van der Waals surface area contributed by atoms with Crippen LogP contribution in [-0.2, 0) is 14.3 Å². The Hall–Kier alpha value is -2.13. The van der Waals surface area contributed by atoms with E-state index in [0.717, 1.165) is 11.1 Å². The lowest BCUT2D eigenvalue weighted by atomic mass is 10.0. The second kappa shape index (κ2) is 6.71. The highest BCUT2D eigenvalue weighted by Gasteiger charge is 2.14. The molecule has 0 spiro atoms. The summed E-state index contributed by atoms with van der Waals surface area (Å²) < 4.78 is 10.5. The van der Waals surface area contributed by atoms with Crippen LogP contribution in [0.1, 0.15) is 24.2 Å². The van der Waals surface area contributed by atoms with Crippen LogP contribution in [0, 0.1) is 0 Å². The minimum absolute atomic E-state index is 0.0518. The summed E-state index contributed by atoms with van der Waals surface area (Å²) in [6.45, 7) is 1.31. The van der Waals surface area contributed by atoms with E-state index < -0.39 is 0 Å². The Labute approximate surface area is 112 Å². The molecule has 0 aliphatic heterocycles. The van der Waals surface area contributed by atoms with Crippen LogP contribution in [0.4, 0.5) is 0 Å². The molecule has 0 unspecified atom stereocenters. The molecule has 0 fully saturated rings. The second-order valence-corrected chi connectivity index (χ2v) is 4.12. The van der Waals surface area contributed by atoms with E-state index in [4.69, 9.17) is 9.47 Å². The highest BCUT2D eigenvalue weighted by atomic mass is 16.7. The van der Waals surface area contributed by atoms with Gasteiger partial charge in [-0.3, -0.25) is 4.79 Å². The van der Waals surface area contributed by atoms with Crippen LogP contribution in [0.25, 0.3) is 0 Å². The average Bonchev–Trinajstić information content (AvgIpc) is 2.45. The lowest BCUT2D eigenvalue weighted by Gasteiger charge is -2.18. The van der Waals surface area contributed by atoms with Gasteiger partial charge in [0, 0.05) is 6.92 Å². The third-order valence-corrected chi connectivity index (χ3v) is 2.70. The summed E-state index contributed by atoms with van der Waals surface area (Å²) in [6, 6.07) is 19.7. The van der Waals surface area contributed by atoms with Crippen LogP contribution in [-0.4, -0.2) is 12.8 Å². The van der Waals surface area contributed by atoms with Crippen molar-refractivity contribution in [2.45, 2.75) is 13.0 Å². The SMILES string of the molecule is CC(=O)OCOC(c1ccccc1)c1ccccc1. The van der Waals surface area contributed by atoms with Gasteiger partial charge in [-0.25, -0.2) is 0 Å². The van der Waals surface area contributed by atoms with E-state index in [-0.39, 0.29) is 18.9 Å². The molecule has 0 radical (unpaired) electrons. The summed E-state index contributed by atoms with van der Waals surface area (Å²) in [5, 5.41) is 0. The molecule has 0 heterocycles. The zero-order valence-corrected chi connectivity index (χ0v) is 10.8. The van der Waals surface area contributed by atoms with Crippen molar-refractivity contribution in [3.63, 3.8) is 0 Å². The summed E-state index contributed by atoms with van der Waals surface area (Å²) in [7, 11) is 0. The van der Waals surface area contributed by atoms with E-state index in [0.29, 0.717) is 0 Å². The normalized spacial score (nSPS) is 10.4. The van der Waals surface area contributed by atoms with E-state index in [1.807, 2.05) is 60.7 Å². The molecule has 0 aliphatic carbocycles. The molecule has 0 saturated heterocycles. The monoisotopic (exact) mass is 256 g/mol. The second-order valence-electron chi connectivity index (χ2n) is 4.12. The number of carbonyl (C=O) groups is 1. The topological polar surface area (TPSA) is 35.5 Å². The van der Waals surface area contributed by atoms with E-state index in [1.54, 1.807) is 0 Å². The largest absolute Gasteiger partial charge is 0.439 e. The summed E-state index contributed by atoms with van der Waals surface area (Å²) >= 11 is 0. The molecule has 0 atom stereocenters. The Morgan fingerprint density at radius 3 is 1.84 bits per heavy atom. The maximum absolute atomic E-state index is 10.8. The van der Waals surface area contributed by atoms with Crippen molar-refractivity contribution in [3.05, 3.63) is 71.8 Å². The van der Waals surface area contributed by atoms with Crippen molar-refractivity contribution >= 4 is 5.97 Å². The molecule has 0 saturated carbocycles. The minimum atomic E-state index is -0.347.